The molecule has 6 heteroatoms. The van der Waals surface area contributed by atoms with E-state index >= 15 is 0 Å². The average molecular weight is 395 g/mol. The van der Waals surface area contributed by atoms with Crippen molar-refractivity contribution < 1.29 is 13.9 Å². The van der Waals surface area contributed by atoms with E-state index in [2.05, 4.69) is 16.0 Å². The molecule has 1 aromatic heterocycles. The molecule has 3 aliphatic rings. The number of amides is 1. The Hall–Kier alpha value is -2.31. The first-order chi connectivity index (χ1) is 14.1. The minimum Gasteiger partial charge on any atom is -0.357 e. The highest BCUT2D eigenvalue weighted by atomic mass is 19.1. The van der Waals surface area contributed by atoms with Gasteiger partial charge >= 0.3 is 0 Å². The summed E-state index contributed by atoms with van der Waals surface area (Å²) < 4.78 is 20.9. The molecule has 5 nitrogen and oxygen atoms in total. The second-order valence-corrected chi connectivity index (χ2v) is 8.53. The van der Waals surface area contributed by atoms with Gasteiger partial charge in [-0.15, -0.1) is 0 Å². The molecule has 29 heavy (non-hydrogen) atoms. The number of aromatic nitrogens is 1. The summed E-state index contributed by atoms with van der Waals surface area (Å²) in [6, 6.07) is 12.6. The second kappa shape index (κ2) is 7.18. The minimum absolute atomic E-state index is 0.0780. The van der Waals surface area contributed by atoms with Crippen molar-refractivity contribution in [3.8, 4) is 0 Å². The Morgan fingerprint density at radius 2 is 1.79 bits per heavy atom. The van der Waals surface area contributed by atoms with Crippen molar-refractivity contribution in [1.29, 1.82) is 0 Å². The Labute approximate surface area is 170 Å². The van der Waals surface area contributed by atoms with E-state index in [0.717, 1.165) is 57.4 Å². The van der Waals surface area contributed by atoms with Crippen molar-refractivity contribution in [3.63, 3.8) is 0 Å². The van der Waals surface area contributed by atoms with Crippen LogP contribution in [0.25, 0.3) is 0 Å². The molecule has 1 aliphatic carbocycles. The summed E-state index contributed by atoms with van der Waals surface area (Å²) in [5, 5.41) is 0. The number of ether oxygens (including phenoxy) is 1. The van der Waals surface area contributed by atoms with E-state index in [-0.39, 0.29) is 17.3 Å². The first-order valence-corrected chi connectivity index (χ1v) is 10.5. The van der Waals surface area contributed by atoms with Crippen LogP contribution in [0.15, 0.2) is 48.7 Å². The van der Waals surface area contributed by atoms with E-state index in [9.17, 15) is 9.18 Å². The molecule has 2 aliphatic heterocycles. The van der Waals surface area contributed by atoms with Gasteiger partial charge in [-0.05, 0) is 49.9 Å². The maximum Gasteiger partial charge on any atom is 0.259 e. The van der Waals surface area contributed by atoms with Crippen LogP contribution in [0.1, 0.15) is 31.4 Å². The molecular weight excluding hydrogens is 369 g/mol. The SMILES string of the molecule is O=C1N(c2ccccc2F)CC2(CCN(CCc3ccccn3)CC2)OC12CC2. The van der Waals surface area contributed by atoms with Gasteiger partial charge in [0.25, 0.3) is 5.91 Å². The first kappa shape index (κ1) is 18.7. The maximum atomic E-state index is 14.5. The number of pyridine rings is 1. The van der Waals surface area contributed by atoms with Crippen molar-refractivity contribution >= 4 is 11.6 Å². The van der Waals surface area contributed by atoms with E-state index in [1.807, 2.05) is 18.3 Å². The lowest BCUT2D eigenvalue weighted by atomic mass is 9.87. The summed E-state index contributed by atoms with van der Waals surface area (Å²) in [6.07, 6.45) is 5.95. The fourth-order valence-corrected chi connectivity index (χ4v) is 4.65. The zero-order valence-electron chi connectivity index (χ0n) is 16.5. The van der Waals surface area contributed by atoms with Crippen LogP contribution in [0.2, 0.25) is 0 Å². The molecule has 0 radical (unpaired) electrons. The molecule has 2 saturated heterocycles. The molecule has 152 valence electrons. The zero-order valence-corrected chi connectivity index (χ0v) is 16.5. The number of benzene rings is 1. The number of morpholine rings is 1. The fraction of sp³-hybridized carbons (Fsp3) is 0.478. The number of nitrogens with zero attached hydrogens (tertiary/aromatic N) is 3. The van der Waals surface area contributed by atoms with Crippen LogP contribution in [0, 0.1) is 5.82 Å². The van der Waals surface area contributed by atoms with Crippen molar-refractivity contribution in [2.45, 2.75) is 43.3 Å². The Balaban J connectivity index is 1.28. The number of piperidine rings is 1. The van der Waals surface area contributed by atoms with E-state index in [0.29, 0.717) is 12.2 Å². The molecule has 1 saturated carbocycles. The van der Waals surface area contributed by atoms with Gasteiger partial charge in [-0.1, -0.05) is 18.2 Å². The normalized spacial score (nSPS) is 22.9. The van der Waals surface area contributed by atoms with Crippen molar-refractivity contribution in [1.82, 2.24) is 9.88 Å². The predicted octanol–water partition coefficient (Wildman–Crippen LogP) is 3.19. The van der Waals surface area contributed by atoms with Crippen molar-refractivity contribution in [3.05, 3.63) is 60.2 Å². The molecule has 0 atom stereocenters. The number of hydrogen-bond donors (Lipinski definition) is 0. The summed E-state index contributed by atoms with van der Waals surface area (Å²) in [5.41, 5.74) is 0.379. The van der Waals surface area contributed by atoms with Crippen molar-refractivity contribution in [2.75, 3.05) is 31.1 Å². The Bertz CT molecular complexity index is 892. The summed E-state index contributed by atoms with van der Waals surface area (Å²) in [4.78, 5) is 21.5. The lowest BCUT2D eigenvalue weighted by Gasteiger charge is -2.50. The number of rotatable bonds is 4. The highest BCUT2D eigenvalue weighted by molar-refractivity contribution is 6.02. The van der Waals surface area contributed by atoms with Crippen LogP contribution >= 0.6 is 0 Å². The van der Waals surface area contributed by atoms with Crippen LogP contribution in [0.3, 0.4) is 0 Å². The summed E-state index contributed by atoms with van der Waals surface area (Å²) in [6.45, 7) is 3.24. The average Bonchev–Trinajstić information content (AvgIpc) is 3.52. The number of halogens is 1. The van der Waals surface area contributed by atoms with Gasteiger partial charge in [-0.3, -0.25) is 9.78 Å². The first-order valence-electron chi connectivity index (χ1n) is 10.5. The highest BCUT2D eigenvalue weighted by Gasteiger charge is 2.62. The van der Waals surface area contributed by atoms with Crippen LogP contribution in [0.5, 0.6) is 0 Å². The van der Waals surface area contributed by atoms with E-state index in [4.69, 9.17) is 4.74 Å². The zero-order chi connectivity index (χ0) is 19.9. The lowest BCUT2D eigenvalue weighted by molar-refractivity contribution is -0.172. The second-order valence-electron chi connectivity index (χ2n) is 8.53. The van der Waals surface area contributed by atoms with E-state index in [1.54, 1.807) is 23.1 Å². The Morgan fingerprint density at radius 3 is 2.48 bits per heavy atom. The van der Waals surface area contributed by atoms with Gasteiger partial charge in [-0.2, -0.15) is 0 Å². The minimum atomic E-state index is -0.726. The molecule has 1 aromatic carbocycles. The third kappa shape index (κ3) is 3.55. The molecular formula is C23H26FN3O2. The monoisotopic (exact) mass is 395 g/mol. The molecule has 5 rings (SSSR count). The number of hydrogen-bond acceptors (Lipinski definition) is 4. The van der Waals surface area contributed by atoms with Gasteiger partial charge in [0.05, 0.1) is 17.8 Å². The van der Waals surface area contributed by atoms with Crippen LogP contribution in [-0.2, 0) is 16.0 Å². The number of carbonyl (C=O) groups is 1. The smallest absolute Gasteiger partial charge is 0.259 e. The van der Waals surface area contributed by atoms with Crippen molar-refractivity contribution in [2.24, 2.45) is 0 Å². The molecule has 2 spiro atoms. The van der Waals surface area contributed by atoms with Gasteiger partial charge in [0, 0.05) is 37.9 Å². The van der Waals surface area contributed by atoms with E-state index in [1.165, 1.54) is 6.07 Å². The lowest BCUT2D eigenvalue weighted by Crippen LogP contribution is -2.63. The quantitative estimate of drug-likeness (QED) is 0.798. The third-order valence-corrected chi connectivity index (χ3v) is 6.52. The fourth-order valence-electron chi connectivity index (χ4n) is 4.65. The number of para-hydroxylation sites is 1. The standard InChI is InChI=1S/C23H26FN3O2/c24-19-6-1-2-7-20(19)27-17-22(29-23(9-10-23)21(27)28)11-15-26(16-12-22)14-8-18-5-3-4-13-25-18/h1-7,13H,8-12,14-17H2. The molecule has 3 heterocycles. The Kier molecular flexibility index (Phi) is 4.63. The van der Waals surface area contributed by atoms with Gasteiger partial charge in [-0.25, -0.2) is 4.39 Å². The molecule has 0 N–H and O–H groups in total. The van der Waals surface area contributed by atoms with Gasteiger partial charge in [0.15, 0.2) is 0 Å². The third-order valence-electron chi connectivity index (χ3n) is 6.52. The summed E-state index contributed by atoms with van der Waals surface area (Å²) in [5.74, 6) is -0.424. The van der Waals surface area contributed by atoms with Crippen LogP contribution < -0.4 is 4.90 Å². The number of likely N-dealkylation sites (tertiary alicyclic amines) is 1. The Morgan fingerprint density at radius 1 is 1.03 bits per heavy atom. The molecule has 0 bridgehead atoms. The number of carbonyl (C=O) groups excluding carboxylic acids is 1. The predicted molar refractivity (Wildman–Crippen MR) is 108 cm³/mol. The summed E-state index contributed by atoms with van der Waals surface area (Å²) >= 11 is 0. The van der Waals surface area contributed by atoms with Crippen LogP contribution in [0.4, 0.5) is 10.1 Å². The largest absolute Gasteiger partial charge is 0.357 e. The summed E-state index contributed by atoms with van der Waals surface area (Å²) in [7, 11) is 0. The molecule has 3 fully saturated rings. The molecule has 2 aromatic rings. The number of anilines is 1. The van der Waals surface area contributed by atoms with Crippen LogP contribution in [-0.4, -0.2) is 53.2 Å². The molecule has 1 amide bonds. The van der Waals surface area contributed by atoms with E-state index < -0.39 is 5.60 Å². The highest BCUT2D eigenvalue weighted by Crippen LogP contribution is 2.50. The van der Waals surface area contributed by atoms with Gasteiger partial charge < -0.3 is 14.5 Å². The maximum absolute atomic E-state index is 14.5. The van der Waals surface area contributed by atoms with Gasteiger partial charge in [0.1, 0.15) is 11.4 Å². The topological polar surface area (TPSA) is 45.7 Å². The van der Waals surface area contributed by atoms with Gasteiger partial charge in [0.2, 0.25) is 0 Å². The molecule has 0 unspecified atom stereocenters.